The summed E-state index contributed by atoms with van der Waals surface area (Å²) in [7, 11) is 1.34. The largest absolute Gasteiger partial charge is 0.493 e. The zero-order chi connectivity index (χ0) is 20.1. The average molecular weight is 390 g/mol. The first-order chi connectivity index (χ1) is 13.5. The lowest BCUT2D eigenvalue weighted by Gasteiger charge is -2.25. The van der Waals surface area contributed by atoms with Gasteiger partial charge in [0.1, 0.15) is 5.76 Å². The molecule has 0 aliphatic carbocycles. The summed E-state index contributed by atoms with van der Waals surface area (Å²) in [6.07, 6.45) is 2.77. The van der Waals surface area contributed by atoms with Crippen molar-refractivity contribution < 1.29 is 32.6 Å². The van der Waals surface area contributed by atoms with Crippen molar-refractivity contribution in [3.63, 3.8) is 0 Å². The summed E-state index contributed by atoms with van der Waals surface area (Å²) >= 11 is 0. The van der Waals surface area contributed by atoms with Crippen molar-refractivity contribution in [3.05, 3.63) is 66.4 Å². The lowest BCUT2D eigenvalue weighted by Crippen LogP contribution is -2.17. The van der Waals surface area contributed by atoms with Gasteiger partial charge in [-0.05, 0) is 30.3 Å². The number of anilines is 2. The van der Waals surface area contributed by atoms with Crippen LogP contribution in [0.3, 0.4) is 0 Å². The fraction of sp³-hybridized carbons (Fsp3) is 0.158. The van der Waals surface area contributed by atoms with Gasteiger partial charge in [-0.25, -0.2) is 9.78 Å². The van der Waals surface area contributed by atoms with E-state index in [0.29, 0.717) is 17.1 Å². The third-order valence-electron chi connectivity index (χ3n) is 3.88. The minimum atomic E-state index is -3.03. The van der Waals surface area contributed by atoms with E-state index in [1.807, 2.05) is 0 Å². The Bertz CT molecular complexity index is 947. The molecule has 0 spiro atoms. The molecule has 28 heavy (non-hydrogen) atoms. The van der Waals surface area contributed by atoms with E-state index in [0.717, 1.165) is 0 Å². The molecule has 0 radical (unpaired) electrons. The monoisotopic (exact) mass is 390 g/mol. The number of halogens is 2. The summed E-state index contributed by atoms with van der Waals surface area (Å²) in [5.74, 6) is -0.597. The number of alkyl halides is 2. The number of ether oxygens (including phenoxy) is 2. The van der Waals surface area contributed by atoms with Gasteiger partial charge in [-0.2, -0.15) is 8.78 Å². The van der Waals surface area contributed by atoms with Crippen LogP contribution in [0, 0.1) is 0 Å². The Kier molecular flexibility index (Phi) is 5.73. The van der Waals surface area contributed by atoms with Crippen LogP contribution in [0.1, 0.15) is 16.1 Å². The smallest absolute Gasteiger partial charge is 0.387 e. The molecule has 9 heteroatoms. The normalized spacial score (nSPS) is 10.7. The van der Waals surface area contributed by atoms with Crippen LogP contribution in [0.4, 0.5) is 20.2 Å². The number of methoxy groups -OCH3 is 1. The van der Waals surface area contributed by atoms with E-state index >= 15 is 0 Å². The number of carboxylic acids is 1. The molecule has 0 saturated carbocycles. The Balaban J connectivity index is 2.06. The van der Waals surface area contributed by atoms with E-state index < -0.39 is 12.6 Å². The van der Waals surface area contributed by atoms with Crippen LogP contribution < -0.4 is 14.4 Å². The number of aromatic carboxylic acids is 1. The number of benzene rings is 2. The van der Waals surface area contributed by atoms with Gasteiger partial charge in [0.05, 0.1) is 25.4 Å². The van der Waals surface area contributed by atoms with Crippen molar-refractivity contribution in [3.8, 4) is 11.5 Å². The Labute approximate surface area is 158 Å². The second-order valence-electron chi connectivity index (χ2n) is 5.62. The van der Waals surface area contributed by atoms with Crippen LogP contribution in [0.2, 0.25) is 0 Å². The predicted molar refractivity (Wildman–Crippen MR) is 95.4 cm³/mol. The van der Waals surface area contributed by atoms with Crippen molar-refractivity contribution in [2.24, 2.45) is 0 Å². The molecule has 2 aromatic carbocycles. The lowest BCUT2D eigenvalue weighted by atomic mass is 10.1. The number of hydrogen-bond acceptors (Lipinski definition) is 6. The number of rotatable bonds is 8. The lowest BCUT2D eigenvalue weighted by molar-refractivity contribution is -0.0511. The number of aromatic nitrogens is 1. The maximum Gasteiger partial charge on any atom is 0.387 e. The van der Waals surface area contributed by atoms with E-state index in [2.05, 4.69) is 9.72 Å². The van der Waals surface area contributed by atoms with Gasteiger partial charge in [0, 0.05) is 17.4 Å². The molecule has 0 unspecified atom stereocenters. The molecule has 146 valence electrons. The second kappa shape index (κ2) is 8.38. The maximum atomic E-state index is 12.8. The van der Waals surface area contributed by atoms with Crippen molar-refractivity contribution in [2.75, 3.05) is 12.0 Å². The van der Waals surface area contributed by atoms with Crippen molar-refractivity contribution in [1.29, 1.82) is 0 Å². The zero-order valence-electron chi connectivity index (χ0n) is 14.7. The minimum absolute atomic E-state index is 0.0811. The summed E-state index contributed by atoms with van der Waals surface area (Å²) in [5.41, 5.74) is 1.07. The van der Waals surface area contributed by atoms with Crippen LogP contribution in [-0.2, 0) is 6.54 Å². The third-order valence-corrected chi connectivity index (χ3v) is 3.88. The first-order valence-corrected chi connectivity index (χ1v) is 8.09. The van der Waals surface area contributed by atoms with Crippen LogP contribution >= 0.6 is 0 Å². The highest BCUT2D eigenvalue weighted by molar-refractivity contribution is 5.89. The molecule has 0 bridgehead atoms. The molecule has 0 saturated heterocycles. The summed E-state index contributed by atoms with van der Waals surface area (Å²) in [6.45, 7) is -2.84. The fourth-order valence-electron chi connectivity index (χ4n) is 2.64. The Morgan fingerprint density at radius 3 is 2.64 bits per heavy atom. The van der Waals surface area contributed by atoms with Crippen LogP contribution in [0.25, 0.3) is 0 Å². The van der Waals surface area contributed by atoms with E-state index in [4.69, 9.17) is 9.15 Å². The number of carboxylic acid groups (broad SMARTS) is 1. The Hall–Kier alpha value is -3.62. The van der Waals surface area contributed by atoms with E-state index in [1.54, 1.807) is 23.1 Å². The van der Waals surface area contributed by atoms with Crippen molar-refractivity contribution in [2.45, 2.75) is 13.2 Å². The highest BCUT2D eigenvalue weighted by atomic mass is 19.3. The summed E-state index contributed by atoms with van der Waals surface area (Å²) in [6, 6.07) is 10.7. The number of carbonyl (C=O) groups is 1. The first-order valence-electron chi connectivity index (χ1n) is 8.09. The predicted octanol–water partition coefficient (Wildman–Crippen LogP) is 4.32. The molecule has 0 amide bonds. The van der Waals surface area contributed by atoms with Crippen molar-refractivity contribution in [1.82, 2.24) is 4.98 Å². The topological polar surface area (TPSA) is 85.0 Å². The molecular formula is C19H16F2N2O5. The highest BCUT2D eigenvalue weighted by Crippen LogP contribution is 2.36. The maximum absolute atomic E-state index is 12.8. The van der Waals surface area contributed by atoms with Gasteiger partial charge in [0.25, 0.3) is 0 Å². The molecule has 0 fully saturated rings. The van der Waals surface area contributed by atoms with Gasteiger partial charge < -0.3 is 23.9 Å². The molecule has 3 rings (SSSR count). The van der Waals surface area contributed by atoms with Gasteiger partial charge in [0.15, 0.2) is 17.9 Å². The summed E-state index contributed by atoms with van der Waals surface area (Å²) in [4.78, 5) is 16.9. The van der Waals surface area contributed by atoms with Gasteiger partial charge in [0.2, 0.25) is 0 Å². The fourth-order valence-corrected chi connectivity index (χ4v) is 2.64. The van der Waals surface area contributed by atoms with Gasteiger partial charge in [-0.3, -0.25) is 0 Å². The molecule has 3 aromatic rings. The van der Waals surface area contributed by atoms with Gasteiger partial charge in [-0.15, -0.1) is 0 Å². The highest BCUT2D eigenvalue weighted by Gasteiger charge is 2.18. The van der Waals surface area contributed by atoms with E-state index in [9.17, 15) is 18.7 Å². The zero-order valence-corrected chi connectivity index (χ0v) is 14.7. The summed E-state index contributed by atoms with van der Waals surface area (Å²) < 4.78 is 40.4. The molecule has 1 aromatic heterocycles. The number of oxazole rings is 1. The first kappa shape index (κ1) is 19.2. The third kappa shape index (κ3) is 4.37. The van der Waals surface area contributed by atoms with Gasteiger partial charge in [-0.1, -0.05) is 6.07 Å². The van der Waals surface area contributed by atoms with Crippen LogP contribution in [-0.4, -0.2) is 29.8 Å². The molecule has 0 aliphatic rings. The summed E-state index contributed by atoms with van der Waals surface area (Å²) in [5, 5.41) is 9.26. The quantitative estimate of drug-likeness (QED) is 0.613. The Morgan fingerprint density at radius 2 is 2.00 bits per heavy atom. The van der Waals surface area contributed by atoms with Crippen LogP contribution in [0.15, 0.2) is 59.5 Å². The SMILES string of the molecule is COc1ccc(N(Cc2cnco2)c2cccc(C(=O)O)c2)cc1OC(F)F. The molecule has 0 atom stereocenters. The molecule has 1 heterocycles. The second-order valence-corrected chi connectivity index (χ2v) is 5.62. The average Bonchev–Trinajstić information content (AvgIpc) is 3.19. The number of nitrogens with zero attached hydrogens (tertiary/aromatic N) is 2. The Morgan fingerprint density at radius 1 is 1.21 bits per heavy atom. The van der Waals surface area contributed by atoms with Crippen LogP contribution in [0.5, 0.6) is 11.5 Å². The van der Waals surface area contributed by atoms with Crippen molar-refractivity contribution >= 4 is 17.3 Å². The van der Waals surface area contributed by atoms with E-state index in [-0.39, 0.29) is 23.6 Å². The molecule has 1 N–H and O–H groups in total. The van der Waals surface area contributed by atoms with Gasteiger partial charge >= 0.3 is 12.6 Å². The minimum Gasteiger partial charge on any atom is -0.493 e. The molecule has 7 nitrogen and oxygen atoms in total. The number of hydrogen-bond donors (Lipinski definition) is 1. The standard InChI is InChI=1S/C19H16F2N2O5/c1-26-16-6-5-14(8-17(16)28-19(20)21)23(10-15-9-22-11-27-15)13-4-2-3-12(7-13)18(24)25/h2-9,11,19H,10H2,1H3,(H,24,25). The molecular weight excluding hydrogens is 374 g/mol. The molecule has 0 aliphatic heterocycles. The van der Waals surface area contributed by atoms with E-state index in [1.165, 1.54) is 44.0 Å².